The van der Waals surface area contributed by atoms with Gasteiger partial charge in [-0.3, -0.25) is 0 Å². The minimum atomic E-state index is -1.07. The number of benzene rings is 1. The summed E-state index contributed by atoms with van der Waals surface area (Å²) >= 11 is 0. The van der Waals surface area contributed by atoms with Gasteiger partial charge in [-0.2, -0.15) is 0 Å². The average Bonchev–Trinajstić information content (AvgIpc) is 2.70. The van der Waals surface area contributed by atoms with Crippen molar-refractivity contribution < 1.29 is 14.6 Å². The molecular weight excluding hydrogens is 194 g/mol. The van der Waals surface area contributed by atoms with Crippen LogP contribution in [0.4, 0.5) is 0 Å². The Labute approximate surface area is 86.9 Å². The normalized spacial score (nSPS) is 15.4. The highest BCUT2D eigenvalue weighted by atomic mass is 16.4. The molecule has 15 heavy (non-hydrogen) atoms. The highest BCUT2D eigenvalue weighted by Crippen LogP contribution is 2.25. The lowest BCUT2D eigenvalue weighted by Crippen LogP contribution is -2.26. The highest BCUT2D eigenvalue weighted by molar-refractivity contribution is 5.77. The van der Waals surface area contributed by atoms with Crippen molar-refractivity contribution in [3.05, 3.63) is 36.1 Å². The van der Waals surface area contributed by atoms with Crippen LogP contribution >= 0.6 is 0 Å². The van der Waals surface area contributed by atoms with E-state index >= 15 is 0 Å². The Bertz CT molecular complexity index is 419. The molecule has 0 fully saturated rings. The molecule has 4 nitrogen and oxygen atoms in total. The molecule has 0 saturated heterocycles. The van der Waals surface area contributed by atoms with Crippen LogP contribution in [0.5, 0.6) is 0 Å². The summed E-state index contributed by atoms with van der Waals surface area (Å²) in [5, 5.41) is 19.9. The standard InChI is InChI=1S/C11H13NO3/c12-6-8(13)11(14)10-5-7-3-1-2-4-9(7)15-10/h1-5,8,11,13-14H,6,12H2. The van der Waals surface area contributed by atoms with Crippen LogP contribution in [0, 0.1) is 0 Å². The smallest absolute Gasteiger partial charge is 0.139 e. The van der Waals surface area contributed by atoms with E-state index in [2.05, 4.69) is 0 Å². The molecule has 80 valence electrons. The third-order valence-electron chi connectivity index (χ3n) is 2.34. The SMILES string of the molecule is NCC(O)C(O)c1cc2ccccc2o1. The second-order valence-electron chi connectivity index (χ2n) is 3.43. The molecule has 2 atom stereocenters. The third-order valence-corrected chi connectivity index (χ3v) is 2.34. The Hall–Kier alpha value is -1.36. The maximum absolute atomic E-state index is 9.67. The summed E-state index contributed by atoms with van der Waals surface area (Å²) in [7, 11) is 0. The topological polar surface area (TPSA) is 79.6 Å². The number of aliphatic hydroxyl groups excluding tert-OH is 2. The summed E-state index contributed by atoms with van der Waals surface area (Å²) in [4.78, 5) is 0. The molecule has 0 aliphatic rings. The number of hydrogen-bond donors (Lipinski definition) is 3. The molecule has 2 aromatic rings. The molecule has 0 aliphatic heterocycles. The molecule has 2 unspecified atom stereocenters. The minimum Gasteiger partial charge on any atom is -0.458 e. The molecule has 2 rings (SSSR count). The fourth-order valence-corrected chi connectivity index (χ4v) is 1.47. The van der Waals surface area contributed by atoms with Crippen molar-refractivity contribution in [3.63, 3.8) is 0 Å². The summed E-state index contributed by atoms with van der Waals surface area (Å²) in [6, 6.07) is 9.12. The van der Waals surface area contributed by atoms with E-state index in [0.29, 0.717) is 11.3 Å². The van der Waals surface area contributed by atoms with Crippen LogP contribution in [-0.2, 0) is 0 Å². The van der Waals surface area contributed by atoms with Gasteiger partial charge in [0.2, 0.25) is 0 Å². The number of nitrogens with two attached hydrogens (primary N) is 1. The van der Waals surface area contributed by atoms with Gasteiger partial charge in [-0.25, -0.2) is 0 Å². The third kappa shape index (κ3) is 1.87. The van der Waals surface area contributed by atoms with Gasteiger partial charge in [-0.15, -0.1) is 0 Å². The van der Waals surface area contributed by atoms with Crippen molar-refractivity contribution in [2.45, 2.75) is 12.2 Å². The Balaban J connectivity index is 2.36. The predicted octanol–water partition coefficient (Wildman–Crippen LogP) is 0.786. The molecule has 0 saturated carbocycles. The van der Waals surface area contributed by atoms with Crippen LogP contribution in [0.25, 0.3) is 11.0 Å². The van der Waals surface area contributed by atoms with Crippen molar-refractivity contribution in [3.8, 4) is 0 Å². The quantitative estimate of drug-likeness (QED) is 0.695. The fourth-order valence-electron chi connectivity index (χ4n) is 1.47. The number of rotatable bonds is 3. The van der Waals surface area contributed by atoms with E-state index in [9.17, 15) is 10.2 Å². The Kier molecular flexibility index (Phi) is 2.73. The van der Waals surface area contributed by atoms with E-state index in [0.717, 1.165) is 5.39 Å². The molecule has 0 amide bonds. The van der Waals surface area contributed by atoms with Crippen LogP contribution in [0.1, 0.15) is 11.9 Å². The van der Waals surface area contributed by atoms with Gasteiger partial charge in [0.25, 0.3) is 0 Å². The lowest BCUT2D eigenvalue weighted by atomic mass is 10.1. The first-order chi connectivity index (χ1) is 7.22. The molecule has 0 spiro atoms. The lowest BCUT2D eigenvalue weighted by molar-refractivity contribution is 0.0121. The average molecular weight is 207 g/mol. The summed E-state index contributed by atoms with van der Waals surface area (Å²) in [5.41, 5.74) is 5.94. The second-order valence-corrected chi connectivity index (χ2v) is 3.43. The van der Waals surface area contributed by atoms with Gasteiger partial charge in [0.05, 0.1) is 6.10 Å². The number of para-hydroxylation sites is 1. The number of aliphatic hydroxyl groups is 2. The van der Waals surface area contributed by atoms with Crippen LogP contribution in [0.15, 0.2) is 34.7 Å². The van der Waals surface area contributed by atoms with Crippen molar-refractivity contribution >= 4 is 11.0 Å². The lowest BCUT2D eigenvalue weighted by Gasteiger charge is -2.12. The molecule has 1 aromatic carbocycles. The van der Waals surface area contributed by atoms with Crippen molar-refractivity contribution in [2.75, 3.05) is 6.54 Å². The number of furan rings is 1. The Morgan fingerprint density at radius 1 is 1.27 bits per heavy atom. The number of fused-ring (bicyclic) bond motifs is 1. The first-order valence-corrected chi connectivity index (χ1v) is 4.77. The van der Waals surface area contributed by atoms with Crippen LogP contribution < -0.4 is 5.73 Å². The van der Waals surface area contributed by atoms with E-state index in [1.165, 1.54) is 0 Å². The van der Waals surface area contributed by atoms with Crippen LogP contribution in [0.3, 0.4) is 0 Å². The molecule has 0 bridgehead atoms. The number of hydrogen-bond acceptors (Lipinski definition) is 4. The maximum Gasteiger partial charge on any atom is 0.139 e. The predicted molar refractivity (Wildman–Crippen MR) is 56.2 cm³/mol. The largest absolute Gasteiger partial charge is 0.458 e. The monoisotopic (exact) mass is 207 g/mol. The second kappa shape index (κ2) is 4.02. The molecule has 0 radical (unpaired) electrons. The van der Waals surface area contributed by atoms with Gasteiger partial charge in [0.1, 0.15) is 17.4 Å². The van der Waals surface area contributed by atoms with Gasteiger partial charge in [-0.05, 0) is 12.1 Å². The zero-order valence-electron chi connectivity index (χ0n) is 8.13. The van der Waals surface area contributed by atoms with E-state index in [1.807, 2.05) is 18.2 Å². The van der Waals surface area contributed by atoms with Crippen molar-refractivity contribution in [1.29, 1.82) is 0 Å². The van der Waals surface area contributed by atoms with Gasteiger partial charge in [0, 0.05) is 11.9 Å². The molecule has 1 aromatic heterocycles. The maximum atomic E-state index is 9.67. The van der Waals surface area contributed by atoms with Crippen molar-refractivity contribution in [1.82, 2.24) is 0 Å². The first-order valence-electron chi connectivity index (χ1n) is 4.77. The Morgan fingerprint density at radius 2 is 2.00 bits per heavy atom. The molecule has 1 heterocycles. The summed E-state index contributed by atoms with van der Waals surface area (Å²) in [6.45, 7) is -0.00177. The molecule has 0 aliphatic carbocycles. The van der Waals surface area contributed by atoms with E-state index in [1.54, 1.807) is 12.1 Å². The summed E-state index contributed by atoms with van der Waals surface area (Å²) in [5.74, 6) is 0.342. The molecular formula is C11H13NO3. The fraction of sp³-hybridized carbons (Fsp3) is 0.273. The first kappa shape index (κ1) is 10.2. The van der Waals surface area contributed by atoms with Crippen LogP contribution in [-0.4, -0.2) is 22.9 Å². The van der Waals surface area contributed by atoms with Gasteiger partial charge >= 0.3 is 0 Å². The van der Waals surface area contributed by atoms with Gasteiger partial charge in [-0.1, -0.05) is 18.2 Å². The van der Waals surface area contributed by atoms with Crippen LogP contribution in [0.2, 0.25) is 0 Å². The zero-order valence-corrected chi connectivity index (χ0v) is 8.13. The molecule has 4 heteroatoms. The van der Waals surface area contributed by atoms with Gasteiger partial charge < -0.3 is 20.4 Å². The van der Waals surface area contributed by atoms with E-state index in [-0.39, 0.29) is 6.54 Å². The van der Waals surface area contributed by atoms with Crippen molar-refractivity contribution in [2.24, 2.45) is 5.73 Å². The highest BCUT2D eigenvalue weighted by Gasteiger charge is 2.20. The minimum absolute atomic E-state index is 0.00177. The zero-order chi connectivity index (χ0) is 10.8. The molecule has 4 N–H and O–H groups in total. The summed E-state index contributed by atoms with van der Waals surface area (Å²) < 4.78 is 5.39. The van der Waals surface area contributed by atoms with Gasteiger partial charge in [0.15, 0.2) is 0 Å². The van der Waals surface area contributed by atoms with E-state index < -0.39 is 12.2 Å². The Morgan fingerprint density at radius 3 is 2.67 bits per heavy atom. The summed E-state index contributed by atoms with van der Waals surface area (Å²) in [6.07, 6.45) is -2.06. The van der Waals surface area contributed by atoms with E-state index in [4.69, 9.17) is 10.2 Å².